The Morgan fingerprint density at radius 3 is 2.15 bits per heavy atom. The second-order valence-corrected chi connectivity index (χ2v) is 2.63. The largest absolute Gasteiger partial charge is 0.506 e. The van der Waals surface area contributed by atoms with Crippen molar-refractivity contribution in [3.63, 3.8) is 0 Å². The molecule has 0 amide bonds. The molecule has 13 heavy (non-hydrogen) atoms. The van der Waals surface area contributed by atoms with Crippen LogP contribution in [0.5, 0.6) is 5.75 Å². The number of alkyl halides is 3. The van der Waals surface area contributed by atoms with Gasteiger partial charge in [0.15, 0.2) is 0 Å². The molecule has 6 heteroatoms. The molecule has 0 heterocycles. The molecule has 0 aliphatic heterocycles. The maximum Gasteiger partial charge on any atom is 0.420 e. The molecule has 1 aromatic carbocycles. The molecule has 1 aromatic rings. The lowest BCUT2D eigenvalue weighted by Gasteiger charge is -2.10. The number of phenols is 1. The van der Waals surface area contributed by atoms with E-state index >= 15 is 0 Å². The summed E-state index contributed by atoms with van der Waals surface area (Å²) in [5.41, 5.74) is -1.64. The molecule has 72 valence electrons. The number of phenolic OH excluding ortho intramolecular Hbond substituents is 1. The smallest absolute Gasteiger partial charge is 0.420 e. The predicted octanol–water partition coefficient (Wildman–Crippen LogP) is 3.20. The molecule has 0 aliphatic carbocycles. The third kappa shape index (κ3) is 1.85. The topological polar surface area (TPSA) is 20.2 Å². The van der Waals surface area contributed by atoms with Crippen molar-refractivity contribution in [3.8, 4) is 5.75 Å². The SMILES string of the molecule is Oc1ccc(F)c(C(F)(F)F)c1Cl. The lowest BCUT2D eigenvalue weighted by Crippen LogP contribution is -2.08. The third-order valence-corrected chi connectivity index (χ3v) is 1.74. The third-order valence-electron chi connectivity index (χ3n) is 1.35. The number of benzene rings is 1. The second-order valence-electron chi connectivity index (χ2n) is 2.25. The summed E-state index contributed by atoms with van der Waals surface area (Å²) in [5.74, 6) is -2.30. The van der Waals surface area contributed by atoms with Crippen molar-refractivity contribution in [1.82, 2.24) is 0 Å². The lowest BCUT2D eigenvalue weighted by atomic mass is 10.2. The Morgan fingerprint density at radius 1 is 1.23 bits per heavy atom. The summed E-state index contributed by atoms with van der Waals surface area (Å²) in [6.07, 6.45) is -4.90. The maximum absolute atomic E-state index is 12.6. The fraction of sp³-hybridized carbons (Fsp3) is 0.143. The summed E-state index contributed by atoms with van der Waals surface area (Å²) < 4.78 is 48.8. The molecule has 0 saturated carbocycles. The minimum atomic E-state index is -4.90. The summed E-state index contributed by atoms with van der Waals surface area (Å²) in [6.45, 7) is 0. The van der Waals surface area contributed by atoms with Gasteiger partial charge in [-0.05, 0) is 12.1 Å². The Kier molecular flexibility index (Phi) is 2.38. The second kappa shape index (κ2) is 3.06. The molecular formula is C7H3ClF4O. The van der Waals surface area contributed by atoms with E-state index in [-0.39, 0.29) is 0 Å². The van der Waals surface area contributed by atoms with E-state index in [4.69, 9.17) is 16.7 Å². The summed E-state index contributed by atoms with van der Waals surface area (Å²) in [4.78, 5) is 0. The number of halogens is 5. The fourth-order valence-corrected chi connectivity index (χ4v) is 1.06. The van der Waals surface area contributed by atoms with Crippen LogP contribution < -0.4 is 0 Å². The van der Waals surface area contributed by atoms with Crippen LogP contribution in [-0.4, -0.2) is 5.11 Å². The normalized spacial score (nSPS) is 11.8. The van der Waals surface area contributed by atoms with Gasteiger partial charge < -0.3 is 5.11 Å². The molecule has 0 fully saturated rings. The average Bonchev–Trinajstić information content (AvgIpc) is 1.95. The van der Waals surface area contributed by atoms with Crippen molar-refractivity contribution in [2.75, 3.05) is 0 Å². The zero-order chi connectivity index (χ0) is 10.2. The molecule has 0 radical (unpaired) electrons. The molecule has 0 aromatic heterocycles. The van der Waals surface area contributed by atoms with Gasteiger partial charge in [0.25, 0.3) is 0 Å². The Morgan fingerprint density at radius 2 is 1.77 bits per heavy atom. The highest BCUT2D eigenvalue weighted by atomic mass is 35.5. The molecule has 0 atom stereocenters. The van der Waals surface area contributed by atoms with E-state index in [1.807, 2.05) is 0 Å². The maximum atomic E-state index is 12.6. The van der Waals surface area contributed by atoms with Gasteiger partial charge >= 0.3 is 6.18 Å². The van der Waals surface area contributed by atoms with Gasteiger partial charge in [0.2, 0.25) is 0 Å². The number of hydrogen-bond acceptors (Lipinski definition) is 1. The van der Waals surface area contributed by atoms with E-state index in [1.54, 1.807) is 0 Å². The predicted molar refractivity (Wildman–Crippen MR) is 38.1 cm³/mol. The lowest BCUT2D eigenvalue weighted by molar-refractivity contribution is -0.140. The van der Waals surface area contributed by atoms with Gasteiger partial charge in [0.1, 0.15) is 17.1 Å². The fourth-order valence-electron chi connectivity index (χ4n) is 0.801. The van der Waals surface area contributed by atoms with Crippen molar-refractivity contribution in [2.45, 2.75) is 6.18 Å². The highest BCUT2D eigenvalue weighted by Crippen LogP contribution is 2.40. The Bertz CT molecular complexity index is 334. The first-order valence-corrected chi connectivity index (χ1v) is 3.46. The van der Waals surface area contributed by atoms with Crippen LogP contribution in [0, 0.1) is 5.82 Å². The number of aromatic hydroxyl groups is 1. The molecule has 0 aliphatic rings. The van der Waals surface area contributed by atoms with Crippen LogP contribution in [0.15, 0.2) is 12.1 Å². The first-order chi connectivity index (χ1) is 5.84. The summed E-state index contributed by atoms with van der Waals surface area (Å²) in [5, 5.41) is 7.77. The minimum Gasteiger partial charge on any atom is -0.506 e. The van der Waals surface area contributed by atoms with E-state index in [1.165, 1.54) is 0 Å². The van der Waals surface area contributed by atoms with Gasteiger partial charge in [-0.25, -0.2) is 4.39 Å². The van der Waals surface area contributed by atoms with Crippen LogP contribution >= 0.6 is 11.6 Å². The van der Waals surface area contributed by atoms with Crippen LogP contribution in [0.2, 0.25) is 5.02 Å². The van der Waals surface area contributed by atoms with Gasteiger partial charge in [-0.1, -0.05) is 11.6 Å². The van der Waals surface area contributed by atoms with Gasteiger partial charge in [-0.3, -0.25) is 0 Å². The van der Waals surface area contributed by atoms with E-state index in [0.717, 1.165) is 6.07 Å². The highest BCUT2D eigenvalue weighted by Gasteiger charge is 2.37. The van der Waals surface area contributed by atoms with Gasteiger partial charge in [-0.15, -0.1) is 0 Å². The van der Waals surface area contributed by atoms with Crippen molar-refractivity contribution in [2.24, 2.45) is 0 Å². The molecule has 1 rings (SSSR count). The van der Waals surface area contributed by atoms with Gasteiger partial charge in [0.05, 0.1) is 5.02 Å². The van der Waals surface area contributed by atoms with Crippen molar-refractivity contribution in [1.29, 1.82) is 0 Å². The summed E-state index contributed by atoms with van der Waals surface area (Å²) >= 11 is 5.07. The summed E-state index contributed by atoms with van der Waals surface area (Å²) in [7, 11) is 0. The van der Waals surface area contributed by atoms with Crippen LogP contribution in [0.3, 0.4) is 0 Å². The highest BCUT2D eigenvalue weighted by molar-refractivity contribution is 6.32. The van der Waals surface area contributed by atoms with E-state index in [9.17, 15) is 17.6 Å². The quantitative estimate of drug-likeness (QED) is 0.658. The molecule has 0 bridgehead atoms. The zero-order valence-corrected chi connectivity index (χ0v) is 6.75. The molecule has 0 unspecified atom stereocenters. The first-order valence-electron chi connectivity index (χ1n) is 3.08. The summed E-state index contributed by atoms with van der Waals surface area (Å²) in [6, 6.07) is 1.26. The van der Waals surface area contributed by atoms with Crippen LogP contribution in [0.4, 0.5) is 17.6 Å². The molecule has 1 nitrogen and oxygen atoms in total. The van der Waals surface area contributed by atoms with E-state index in [2.05, 4.69) is 0 Å². The first kappa shape index (κ1) is 10.1. The molecule has 1 N–H and O–H groups in total. The molecular weight excluding hydrogens is 212 g/mol. The van der Waals surface area contributed by atoms with Crippen molar-refractivity contribution in [3.05, 3.63) is 28.5 Å². The zero-order valence-electron chi connectivity index (χ0n) is 5.99. The Balaban J connectivity index is 3.43. The van der Waals surface area contributed by atoms with E-state index < -0.39 is 28.3 Å². The average molecular weight is 215 g/mol. The minimum absolute atomic E-state index is 0.504. The van der Waals surface area contributed by atoms with Crippen LogP contribution in [0.25, 0.3) is 0 Å². The Hall–Kier alpha value is -0.970. The van der Waals surface area contributed by atoms with Gasteiger partial charge in [-0.2, -0.15) is 13.2 Å². The van der Waals surface area contributed by atoms with Crippen LogP contribution in [0.1, 0.15) is 5.56 Å². The Labute approximate surface area is 75.6 Å². The van der Waals surface area contributed by atoms with E-state index in [0.29, 0.717) is 6.07 Å². The number of rotatable bonds is 0. The molecule has 0 spiro atoms. The van der Waals surface area contributed by atoms with Crippen LogP contribution in [-0.2, 0) is 6.18 Å². The van der Waals surface area contributed by atoms with Gasteiger partial charge in [0, 0.05) is 0 Å². The monoisotopic (exact) mass is 214 g/mol. The molecule has 0 saturated heterocycles. The van der Waals surface area contributed by atoms with Crippen molar-refractivity contribution >= 4 is 11.6 Å². The van der Waals surface area contributed by atoms with Crippen molar-refractivity contribution < 1.29 is 22.7 Å². The standard InChI is InChI=1S/C7H3ClF4O/c8-6-4(13)2-1-3(9)5(6)7(10,11)12/h1-2,13H. The number of hydrogen-bond donors (Lipinski definition) is 1.